The van der Waals surface area contributed by atoms with Crippen molar-refractivity contribution >= 4 is 76.2 Å². The van der Waals surface area contributed by atoms with Gasteiger partial charge in [0.2, 0.25) is 0 Å². The molecule has 0 saturated carbocycles. The Balaban J connectivity index is 1.14. The third kappa shape index (κ3) is 5.23. The van der Waals surface area contributed by atoms with Crippen LogP contribution < -0.4 is 0 Å². The van der Waals surface area contributed by atoms with E-state index in [1.54, 1.807) is 0 Å². The third-order valence-corrected chi connectivity index (χ3v) is 14.7. The standard InChI is InChI=1S/C66H40N2/c1-5-17-41(18-6-1)43-29-33-45(34-30-43)49-37-53-51-25-13-15-27-57(51)67-63(53)55(39-49)61-59(47-21-9-3-10-22-47)66-62(60(65(61)67)48-23-11-4-12-24-48)56-40-50(38-54-52-26-14-16-28-58(52)68(66)64(54)56)46-35-31-44(32-36-46)42-19-7-2-8-20-42/h1-40H. The van der Waals surface area contributed by atoms with Gasteiger partial charge in [-0.1, -0.05) is 206 Å². The number of benzene rings is 11. The van der Waals surface area contributed by atoms with Crippen LogP contribution in [0.1, 0.15) is 0 Å². The van der Waals surface area contributed by atoms with Crippen LogP contribution in [-0.4, -0.2) is 8.80 Å². The van der Waals surface area contributed by atoms with Gasteiger partial charge in [0.25, 0.3) is 0 Å². The van der Waals surface area contributed by atoms with Crippen molar-refractivity contribution in [3.8, 4) is 66.8 Å². The lowest BCUT2D eigenvalue weighted by Crippen LogP contribution is -1.93. The molecule has 0 aliphatic heterocycles. The molecule has 15 aromatic rings. The van der Waals surface area contributed by atoms with E-state index >= 15 is 0 Å². The second kappa shape index (κ2) is 14.3. The summed E-state index contributed by atoms with van der Waals surface area (Å²) in [6.07, 6.45) is 0. The highest BCUT2D eigenvalue weighted by molar-refractivity contribution is 6.38. The van der Waals surface area contributed by atoms with E-state index in [4.69, 9.17) is 0 Å². The van der Waals surface area contributed by atoms with Gasteiger partial charge >= 0.3 is 0 Å². The van der Waals surface area contributed by atoms with E-state index in [-0.39, 0.29) is 0 Å². The summed E-state index contributed by atoms with van der Waals surface area (Å²) >= 11 is 0. The van der Waals surface area contributed by atoms with Crippen molar-refractivity contribution in [1.82, 2.24) is 8.80 Å². The summed E-state index contributed by atoms with van der Waals surface area (Å²) in [6.45, 7) is 0. The molecule has 0 spiro atoms. The van der Waals surface area contributed by atoms with Crippen LogP contribution in [0, 0.1) is 0 Å². The molecule has 0 aliphatic carbocycles. The predicted octanol–water partition coefficient (Wildman–Crippen LogP) is 18.0. The van der Waals surface area contributed by atoms with Crippen LogP contribution in [0.25, 0.3) is 143 Å². The monoisotopic (exact) mass is 860 g/mol. The molecule has 0 amide bonds. The summed E-state index contributed by atoms with van der Waals surface area (Å²) in [4.78, 5) is 0. The minimum Gasteiger partial charge on any atom is -0.307 e. The lowest BCUT2D eigenvalue weighted by Gasteiger charge is -2.16. The van der Waals surface area contributed by atoms with Gasteiger partial charge in [-0.15, -0.1) is 0 Å². The molecule has 0 saturated heterocycles. The zero-order valence-electron chi connectivity index (χ0n) is 37.0. The zero-order chi connectivity index (χ0) is 44.5. The Morgan fingerprint density at radius 3 is 0.838 bits per heavy atom. The Morgan fingerprint density at radius 1 is 0.191 bits per heavy atom. The van der Waals surface area contributed by atoms with Crippen LogP contribution in [0.5, 0.6) is 0 Å². The molecule has 4 heterocycles. The fourth-order valence-electron chi connectivity index (χ4n) is 11.8. The molecule has 0 fully saturated rings. The maximum atomic E-state index is 2.61. The number of nitrogens with zero attached hydrogens (tertiary/aromatic N) is 2. The molecule has 68 heavy (non-hydrogen) atoms. The minimum atomic E-state index is 1.20. The fraction of sp³-hybridized carbons (Fsp3) is 0. The first-order chi connectivity index (χ1) is 33.8. The van der Waals surface area contributed by atoms with Gasteiger partial charge in [-0.3, -0.25) is 0 Å². The molecule has 4 aromatic heterocycles. The Bertz CT molecular complexity index is 4120. The number of aromatic nitrogens is 2. The van der Waals surface area contributed by atoms with E-state index in [0.717, 1.165) is 0 Å². The van der Waals surface area contributed by atoms with Crippen molar-refractivity contribution in [2.45, 2.75) is 0 Å². The molecule has 2 nitrogen and oxygen atoms in total. The topological polar surface area (TPSA) is 8.82 Å². The van der Waals surface area contributed by atoms with Crippen LogP contribution >= 0.6 is 0 Å². The average molecular weight is 861 g/mol. The van der Waals surface area contributed by atoms with Crippen molar-refractivity contribution in [3.05, 3.63) is 243 Å². The molecule has 0 atom stereocenters. The summed E-state index contributed by atoms with van der Waals surface area (Å²) in [5.41, 5.74) is 22.1. The first kappa shape index (κ1) is 37.3. The molecule has 0 N–H and O–H groups in total. The highest BCUT2D eigenvalue weighted by Gasteiger charge is 2.31. The number of hydrogen-bond acceptors (Lipinski definition) is 0. The lowest BCUT2D eigenvalue weighted by molar-refractivity contribution is 1.36. The molecule has 0 unspecified atom stereocenters. The quantitative estimate of drug-likeness (QED) is 0.157. The van der Waals surface area contributed by atoms with Gasteiger partial charge in [-0.2, -0.15) is 0 Å². The molecular weight excluding hydrogens is 821 g/mol. The fourth-order valence-corrected chi connectivity index (χ4v) is 11.8. The molecule has 0 radical (unpaired) electrons. The van der Waals surface area contributed by atoms with Gasteiger partial charge in [-0.05, 0) is 92.0 Å². The van der Waals surface area contributed by atoms with E-state index in [0.29, 0.717) is 0 Å². The molecule has 0 aliphatic rings. The van der Waals surface area contributed by atoms with Crippen molar-refractivity contribution in [2.24, 2.45) is 0 Å². The zero-order valence-corrected chi connectivity index (χ0v) is 37.0. The van der Waals surface area contributed by atoms with Gasteiger partial charge in [0.15, 0.2) is 0 Å². The largest absolute Gasteiger partial charge is 0.307 e. The third-order valence-electron chi connectivity index (χ3n) is 14.7. The van der Waals surface area contributed by atoms with Crippen molar-refractivity contribution in [1.29, 1.82) is 0 Å². The van der Waals surface area contributed by atoms with Gasteiger partial charge in [0, 0.05) is 54.2 Å². The van der Waals surface area contributed by atoms with Crippen LogP contribution in [0.4, 0.5) is 0 Å². The predicted molar refractivity (Wildman–Crippen MR) is 288 cm³/mol. The highest BCUT2D eigenvalue weighted by atomic mass is 14.9. The second-order valence-electron chi connectivity index (χ2n) is 18.4. The van der Waals surface area contributed by atoms with Crippen molar-refractivity contribution in [3.63, 3.8) is 0 Å². The Hall–Kier alpha value is -8.98. The van der Waals surface area contributed by atoms with Gasteiger partial charge < -0.3 is 8.80 Å². The highest BCUT2D eigenvalue weighted by Crippen LogP contribution is 2.55. The van der Waals surface area contributed by atoms with E-state index in [1.807, 2.05) is 0 Å². The van der Waals surface area contributed by atoms with E-state index in [1.165, 1.54) is 143 Å². The summed E-state index contributed by atoms with van der Waals surface area (Å²) in [7, 11) is 0. The smallest absolute Gasteiger partial charge is 0.0634 e. The maximum Gasteiger partial charge on any atom is 0.0634 e. The lowest BCUT2D eigenvalue weighted by atomic mass is 9.88. The first-order valence-electron chi connectivity index (χ1n) is 23.6. The van der Waals surface area contributed by atoms with Gasteiger partial charge in [0.1, 0.15) is 0 Å². The summed E-state index contributed by atoms with van der Waals surface area (Å²) < 4.78 is 5.23. The minimum absolute atomic E-state index is 1.20. The number of para-hydroxylation sites is 2. The summed E-state index contributed by atoms with van der Waals surface area (Å²) in [5, 5.41) is 10.1. The number of rotatable bonds is 6. The van der Waals surface area contributed by atoms with Crippen molar-refractivity contribution in [2.75, 3.05) is 0 Å². The summed E-state index contributed by atoms with van der Waals surface area (Å²) in [6, 6.07) is 89.9. The molecule has 0 bridgehead atoms. The van der Waals surface area contributed by atoms with Gasteiger partial charge in [0.05, 0.1) is 33.1 Å². The number of fused-ring (bicyclic) bond motifs is 12. The van der Waals surface area contributed by atoms with E-state index in [9.17, 15) is 0 Å². The Morgan fingerprint density at radius 2 is 0.471 bits per heavy atom. The maximum absolute atomic E-state index is 2.61. The average Bonchev–Trinajstić information content (AvgIpc) is 4.15. The molecular formula is C66H40N2. The molecule has 15 rings (SSSR count). The molecule has 314 valence electrons. The normalized spacial score (nSPS) is 12.1. The van der Waals surface area contributed by atoms with E-state index in [2.05, 4.69) is 251 Å². The van der Waals surface area contributed by atoms with Gasteiger partial charge in [-0.25, -0.2) is 0 Å². The van der Waals surface area contributed by atoms with Crippen LogP contribution in [-0.2, 0) is 0 Å². The van der Waals surface area contributed by atoms with Crippen LogP contribution in [0.3, 0.4) is 0 Å². The van der Waals surface area contributed by atoms with Crippen LogP contribution in [0.15, 0.2) is 243 Å². The Kier molecular flexibility index (Phi) is 7.81. The second-order valence-corrected chi connectivity index (χ2v) is 18.4. The molecule has 2 heteroatoms. The van der Waals surface area contributed by atoms with Crippen LogP contribution in [0.2, 0.25) is 0 Å². The SMILES string of the molecule is c1ccc(-c2ccc(-c3cc4c5ccccc5n5c6c(-c7ccccc7)c7c8cc(-c9ccc(-c%10ccccc%10)cc9)cc9c%10ccccc%10n(c7c(-c7ccccc7)c6c(c3)c45)c98)cc2)cc1. The summed E-state index contributed by atoms with van der Waals surface area (Å²) in [5.74, 6) is 0. The number of hydrogen-bond donors (Lipinski definition) is 0. The Labute approximate surface area is 392 Å². The molecule has 11 aromatic carbocycles. The van der Waals surface area contributed by atoms with Crippen molar-refractivity contribution < 1.29 is 0 Å². The van der Waals surface area contributed by atoms with E-state index < -0.39 is 0 Å². The first-order valence-corrected chi connectivity index (χ1v) is 23.6.